The fourth-order valence-electron chi connectivity index (χ4n) is 0.117. The van der Waals surface area contributed by atoms with Gasteiger partial charge in [0.25, 0.3) is 0 Å². The van der Waals surface area contributed by atoms with Gasteiger partial charge < -0.3 is 9.79 Å². The summed E-state index contributed by atoms with van der Waals surface area (Å²) in [5.41, 5.74) is 0. The maximum atomic E-state index is 9.93. The summed E-state index contributed by atoms with van der Waals surface area (Å²) in [5, 5.41) is 0. The predicted molar refractivity (Wildman–Crippen MR) is 38.9 cm³/mol. The Morgan fingerprint density at radius 3 is 1.91 bits per heavy atom. The summed E-state index contributed by atoms with van der Waals surface area (Å²) in [6.07, 6.45) is 1.29. The summed E-state index contributed by atoms with van der Waals surface area (Å²) in [6, 6.07) is 0. The largest absolute Gasteiger partial charge is 0.545 e. The quantitative estimate of drug-likeness (QED) is 0.219. The van der Waals surface area contributed by atoms with Crippen LogP contribution in [0.25, 0.3) is 0 Å². The lowest BCUT2D eigenvalue weighted by atomic mass is 12.0. The van der Waals surface area contributed by atoms with E-state index < -0.39 is 14.5 Å². The second kappa shape index (κ2) is 4.04. The first-order valence-electron chi connectivity index (χ1n) is 2.11. The Morgan fingerprint density at radius 2 is 1.64 bits per heavy atom. The molecule has 0 radical (unpaired) electrons. The van der Waals surface area contributed by atoms with Crippen molar-refractivity contribution in [1.82, 2.24) is 0 Å². The van der Waals surface area contributed by atoms with E-state index in [0.717, 1.165) is 0 Å². The lowest BCUT2D eigenvalue weighted by molar-refractivity contribution is -0.132. The second-order valence-electron chi connectivity index (χ2n) is 1.31. The van der Waals surface area contributed by atoms with Crippen LogP contribution in [0.5, 0.6) is 0 Å². The second-order valence-corrected chi connectivity index (χ2v) is 6.46. The molecule has 0 aromatic heterocycles. The molecule has 4 N–H and O–H groups in total. The van der Waals surface area contributed by atoms with Crippen molar-refractivity contribution in [1.29, 1.82) is 0 Å². The van der Waals surface area contributed by atoms with Gasteiger partial charge in [0.05, 0.1) is 0 Å². The van der Waals surface area contributed by atoms with Crippen LogP contribution >= 0.6 is 14.5 Å². The van der Waals surface area contributed by atoms with E-state index in [1.54, 1.807) is 0 Å². The first-order chi connectivity index (χ1) is 4.77. The van der Waals surface area contributed by atoms with Crippen molar-refractivity contribution in [3.63, 3.8) is 0 Å². The van der Waals surface area contributed by atoms with Crippen molar-refractivity contribution in [3.8, 4) is 0 Å². The molecule has 0 aliphatic rings. The van der Waals surface area contributed by atoms with Crippen molar-refractivity contribution < 1.29 is 33.5 Å². The van der Waals surface area contributed by atoms with Gasteiger partial charge in [-0.1, -0.05) is 0 Å². The molecule has 0 amide bonds. The molecule has 0 fully saturated rings. The summed E-state index contributed by atoms with van der Waals surface area (Å²) in [7, 11) is -4.30. The molecule has 68 valence electrons. The van der Waals surface area contributed by atoms with E-state index in [0.29, 0.717) is 10.9 Å². The minimum absolute atomic E-state index is 0.499. The van der Waals surface area contributed by atoms with Gasteiger partial charge in [-0.05, 0) is 0 Å². The zero-order valence-corrected chi connectivity index (χ0v) is 7.92. The van der Waals surface area contributed by atoms with E-state index in [-0.39, 0.29) is 0 Å². The van der Waals surface area contributed by atoms with Crippen LogP contribution in [0, 0.1) is 0 Å². The van der Waals surface area contributed by atoms with Crippen LogP contribution in [0.1, 0.15) is 0 Å². The topological polar surface area (TPSA) is 116 Å². The highest BCUT2D eigenvalue weighted by molar-refractivity contribution is 8.16. The maximum absolute atomic E-state index is 9.93. The normalized spacial score (nSPS) is 13.2. The van der Waals surface area contributed by atoms with E-state index in [9.17, 15) is 4.57 Å². The van der Waals surface area contributed by atoms with Gasteiger partial charge in [-0.15, -0.1) is 9.35 Å². The van der Waals surface area contributed by atoms with Crippen molar-refractivity contribution >= 4 is 25.5 Å². The summed E-state index contributed by atoms with van der Waals surface area (Å²) in [5.74, 6) is 0. The lowest BCUT2D eigenvalue weighted by Gasteiger charge is -2.02. The van der Waals surface area contributed by atoms with Crippen molar-refractivity contribution in [2.75, 3.05) is 6.26 Å². The molecular formula is CH7O7P2S+. The van der Waals surface area contributed by atoms with E-state index in [4.69, 9.17) is 19.6 Å². The van der Waals surface area contributed by atoms with Gasteiger partial charge in [0.2, 0.25) is 10.9 Å². The average Bonchev–Trinajstić information content (AvgIpc) is 1.83. The highest BCUT2D eigenvalue weighted by Gasteiger charge is 2.29. The van der Waals surface area contributed by atoms with E-state index in [1.807, 2.05) is 0 Å². The molecule has 0 aromatic carbocycles. The van der Waals surface area contributed by atoms with Crippen LogP contribution in [-0.2, 0) is 24.9 Å². The molecule has 10 heteroatoms. The van der Waals surface area contributed by atoms with Crippen molar-refractivity contribution in [3.05, 3.63) is 0 Å². The van der Waals surface area contributed by atoms with Crippen LogP contribution in [-0.4, -0.2) is 25.8 Å². The molecule has 0 rings (SSSR count). The summed E-state index contributed by atoms with van der Waals surface area (Å²) < 4.78 is 17.0. The van der Waals surface area contributed by atoms with Crippen LogP contribution in [0.3, 0.4) is 0 Å². The summed E-state index contributed by atoms with van der Waals surface area (Å²) >= 11 is 0. The van der Waals surface area contributed by atoms with E-state index >= 15 is 0 Å². The van der Waals surface area contributed by atoms with Crippen LogP contribution in [0.15, 0.2) is 0 Å². The van der Waals surface area contributed by atoms with Gasteiger partial charge in [0, 0.05) is 0 Å². The molecule has 0 unspecified atom stereocenters. The molecule has 0 bridgehead atoms. The molecule has 0 aliphatic heterocycles. The van der Waals surface area contributed by atoms with Gasteiger partial charge in [0.1, 0.15) is 0 Å². The van der Waals surface area contributed by atoms with E-state index in [1.165, 1.54) is 6.26 Å². The lowest BCUT2D eigenvalue weighted by Crippen LogP contribution is -1.90. The van der Waals surface area contributed by atoms with Crippen LogP contribution in [0.2, 0.25) is 0 Å². The predicted octanol–water partition coefficient (Wildman–Crippen LogP) is -0.598. The maximum Gasteiger partial charge on any atom is 0.545 e. The Balaban J connectivity index is 4.02. The fraction of sp³-hybridized carbons (Fsp3) is 1.00. The molecule has 0 aromatic rings. The molecule has 0 atom stereocenters. The van der Waals surface area contributed by atoms with E-state index in [2.05, 4.69) is 9.35 Å². The first kappa shape index (κ1) is 11.6. The standard InChI is InChI=1S/CH6O7P2S/c1-11-10(5,6)8-7-9(2,3)4/h1H3,(H3-,2,3,4,5,6)/p+1. The number of phosphoric acid groups is 1. The number of rotatable bonds is 3. The molecule has 0 saturated heterocycles. The van der Waals surface area contributed by atoms with Crippen molar-refractivity contribution in [2.45, 2.75) is 0 Å². The first-order valence-corrected chi connectivity index (χ1v) is 7.08. The molecule has 7 nitrogen and oxygen atoms in total. The van der Waals surface area contributed by atoms with Gasteiger partial charge in [-0.3, -0.25) is 9.79 Å². The Morgan fingerprint density at radius 1 is 1.18 bits per heavy atom. The SMILES string of the molecule is C[S+]=P(O)(O)OOP(=O)(O)O. The zero-order chi connectivity index (χ0) is 9.12. The molecule has 0 heterocycles. The summed E-state index contributed by atoms with van der Waals surface area (Å²) in [4.78, 5) is 33.3. The minimum atomic E-state index is -4.80. The molecule has 0 aliphatic carbocycles. The van der Waals surface area contributed by atoms with Crippen LogP contribution in [0.4, 0.5) is 0 Å². The van der Waals surface area contributed by atoms with Gasteiger partial charge in [-0.25, -0.2) is 4.57 Å². The highest BCUT2D eigenvalue weighted by Crippen LogP contribution is 2.47. The molecular weight excluding hydrogens is 218 g/mol. The number of hydrogen-bond donors (Lipinski definition) is 4. The molecule has 0 saturated carbocycles. The Hall–Kier alpha value is 0.640. The minimum Gasteiger partial charge on any atom is -0.301 e. The Bertz CT molecular complexity index is 210. The third-order valence-corrected chi connectivity index (χ3v) is 3.21. The molecule has 11 heavy (non-hydrogen) atoms. The zero-order valence-electron chi connectivity index (χ0n) is 5.32. The summed E-state index contributed by atoms with van der Waals surface area (Å²) in [6.45, 7) is -3.82. The third-order valence-electron chi connectivity index (χ3n) is 0.465. The van der Waals surface area contributed by atoms with Crippen LogP contribution < -0.4 is 0 Å². The Labute approximate surface area is 66.0 Å². The van der Waals surface area contributed by atoms with Crippen molar-refractivity contribution in [2.24, 2.45) is 0 Å². The Kier molecular flexibility index (Phi) is 4.28. The smallest absolute Gasteiger partial charge is 0.301 e. The van der Waals surface area contributed by atoms with Gasteiger partial charge in [0.15, 0.2) is 6.26 Å². The third kappa shape index (κ3) is 7.02. The fourth-order valence-corrected chi connectivity index (χ4v) is 1.30. The number of hydrogen-bond acceptors (Lipinski definition) is 3. The highest BCUT2D eigenvalue weighted by atomic mass is 32.5. The molecule has 0 spiro atoms. The van der Waals surface area contributed by atoms with Gasteiger partial charge in [-0.2, -0.15) is 0 Å². The average molecular weight is 225 g/mol. The van der Waals surface area contributed by atoms with Gasteiger partial charge >= 0.3 is 14.5 Å². The monoisotopic (exact) mass is 225 g/mol.